The molecule has 0 saturated heterocycles. The van der Waals surface area contributed by atoms with Crippen LogP contribution in [0.2, 0.25) is 0 Å². The van der Waals surface area contributed by atoms with Crippen LogP contribution in [-0.4, -0.2) is 80.6 Å². The maximum atomic E-state index is 12.7. The largest absolute Gasteiger partial charge is 0.477 e. The Morgan fingerprint density at radius 1 is 0.533 bits per heavy atom. The number of rotatable bonds is 41. The molecule has 0 bridgehead atoms. The molecule has 0 spiro atoms. The topological polar surface area (TPSA) is 99.1 Å². The molecular formula is C52H88NO7+. The standard InChI is InChI=1S/C52H87NO7/c1-6-8-10-12-14-16-18-20-22-24-25-27-28-30-32-34-36-38-40-42-50(54)59-47-48(46-58-45-44-49(52(56)57)53(3,4)5)60-51(55)43-41-39-37-35-33-31-29-26-23-21-19-17-15-13-11-9-7-2/h9,11,14-18,20-21,23,29,31,35,37,48-49H,6-8,10,12-13,19,22,24-28,30,32-34,36,38-47H2,1-5H3/p+1/b11-9+,16-14+,17-15+,20-18+,23-21+,31-29+,37-35+. The summed E-state index contributed by atoms with van der Waals surface area (Å²) in [6, 6.07) is -0.630. The normalized spacial score (nSPS) is 13.7. The van der Waals surface area contributed by atoms with Crippen LogP contribution in [0.5, 0.6) is 0 Å². The molecule has 2 atom stereocenters. The number of aliphatic carboxylic acids is 1. The van der Waals surface area contributed by atoms with E-state index >= 15 is 0 Å². The number of allylic oxidation sites excluding steroid dienone is 14. The molecule has 0 heterocycles. The molecule has 342 valence electrons. The SMILES string of the molecule is CC/C=C/C/C=C/C/C=C/C/C=C/C/C=C/CCCC(=O)OC(COCCC(C(=O)O)[N+](C)(C)C)COC(=O)CCCCCCCCCCCC/C=C/C=C/CCCCC. The quantitative estimate of drug-likeness (QED) is 0.0215. The van der Waals surface area contributed by atoms with Gasteiger partial charge in [0.15, 0.2) is 12.1 Å². The lowest BCUT2D eigenvalue weighted by Crippen LogP contribution is -2.50. The van der Waals surface area contributed by atoms with Crippen molar-refractivity contribution in [2.24, 2.45) is 0 Å². The number of likely N-dealkylation sites (N-methyl/N-ethyl adjacent to an activating group) is 1. The average molecular weight is 839 g/mol. The second-order valence-electron chi connectivity index (χ2n) is 16.7. The number of hydrogen-bond acceptors (Lipinski definition) is 6. The molecule has 0 amide bonds. The minimum atomic E-state index is -0.887. The van der Waals surface area contributed by atoms with Crippen LogP contribution in [0.25, 0.3) is 0 Å². The Hall–Kier alpha value is -3.49. The highest BCUT2D eigenvalue weighted by Gasteiger charge is 2.31. The van der Waals surface area contributed by atoms with E-state index in [1.165, 1.54) is 77.0 Å². The summed E-state index contributed by atoms with van der Waals surface area (Å²) in [5.41, 5.74) is 0. The van der Waals surface area contributed by atoms with Crippen LogP contribution in [0.3, 0.4) is 0 Å². The van der Waals surface area contributed by atoms with Crippen LogP contribution >= 0.6 is 0 Å². The molecule has 0 aliphatic carbocycles. The van der Waals surface area contributed by atoms with E-state index in [4.69, 9.17) is 14.2 Å². The fraction of sp³-hybridized carbons (Fsp3) is 0.673. The zero-order valence-corrected chi connectivity index (χ0v) is 38.9. The van der Waals surface area contributed by atoms with E-state index in [-0.39, 0.29) is 42.7 Å². The molecule has 0 aromatic heterocycles. The van der Waals surface area contributed by atoms with Crippen molar-refractivity contribution in [3.8, 4) is 0 Å². The van der Waals surface area contributed by atoms with Crippen molar-refractivity contribution in [2.45, 2.75) is 187 Å². The fourth-order valence-electron chi connectivity index (χ4n) is 6.41. The maximum absolute atomic E-state index is 12.7. The zero-order chi connectivity index (χ0) is 44.2. The summed E-state index contributed by atoms with van der Waals surface area (Å²) in [5.74, 6) is -1.56. The van der Waals surface area contributed by atoms with Crippen molar-refractivity contribution in [1.82, 2.24) is 0 Å². The number of hydrogen-bond donors (Lipinski definition) is 1. The van der Waals surface area contributed by atoms with Crippen molar-refractivity contribution in [3.63, 3.8) is 0 Å². The van der Waals surface area contributed by atoms with Crippen molar-refractivity contribution >= 4 is 17.9 Å². The van der Waals surface area contributed by atoms with E-state index in [1.807, 2.05) is 21.1 Å². The first-order chi connectivity index (χ1) is 29.1. The highest BCUT2D eigenvalue weighted by molar-refractivity contribution is 5.72. The summed E-state index contributed by atoms with van der Waals surface area (Å²) in [5, 5.41) is 9.63. The number of carboxylic acid groups (broad SMARTS) is 1. The fourth-order valence-corrected chi connectivity index (χ4v) is 6.41. The van der Waals surface area contributed by atoms with Crippen LogP contribution in [0, 0.1) is 0 Å². The molecule has 0 fully saturated rings. The van der Waals surface area contributed by atoms with Gasteiger partial charge in [0.1, 0.15) is 6.61 Å². The molecule has 0 rings (SSSR count). The van der Waals surface area contributed by atoms with Crippen LogP contribution in [0.4, 0.5) is 0 Å². The summed E-state index contributed by atoms with van der Waals surface area (Å²) in [6.07, 6.45) is 54.9. The van der Waals surface area contributed by atoms with Crippen molar-refractivity contribution in [3.05, 3.63) is 85.1 Å². The minimum Gasteiger partial charge on any atom is -0.477 e. The van der Waals surface area contributed by atoms with Gasteiger partial charge in [-0.3, -0.25) is 9.59 Å². The molecule has 0 saturated carbocycles. The molecule has 60 heavy (non-hydrogen) atoms. The first-order valence-corrected chi connectivity index (χ1v) is 23.6. The molecule has 2 unspecified atom stereocenters. The zero-order valence-electron chi connectivity index (χ0n) is 38.9. The number of nitrogens with zero attached hydrogens (tertiary/aromatic N) is 1. The number of esters is 2. The second kappa shape index (κ2) is 42.2. The smallest absolute Gasteiger partial charge is 0.362 e. The Labute approximate surface area is 367 Å². The van der Waals surface area contributed by atoms with E-state index in [1.54, 1.807) is 0 Å². The van der Waals surface area contributed by atoms with E-state index in [9.17, 15) is 19.5 Å². The summed E-state index contributed by atoms with van der Waals surface area (Å²) in [4.78, 5) is 37.0. The summed E-state index contributed by atoms with van der Waals surface area (Å²) < 4.78 is 17.2. The molecule has 8 heteroatoms. The van der Waals surface area contributed by atoms with Gasteiger partial charge in [-0.05, 0) is 77.0 Å². The third-order valence-corrected chi connectivity index (χ3v) is 10.1. The van der Waals surface area contributed by atoms with Crippen LogP contribution in [-0.2, 0) is 28.6 Å². The lowest BCUT2D eigenvalue weighted by Gasteiger charge is -2.31. The van der Waals surface area contributed by atoms with Gasteiger partial charge < -0.3 is 23.8 Å². The lowest BCUT2D eigenvalue weighted by molar-refractivity contribution is -0.887. The molecule has 0 aliphatic rings. The van der Waals surface area contributed by atoms with Crippen molar-refractivity contribution < 1.29 is 38.2 Å². The molecule has 1 N–H and O–H groups in total. The Morgan fingerprint density at radius 2 is 1.00 bits per heavy atom. The molecule has 0 aromatic carbocycles. The highest BCUT2D eigenvalue weighted by Crippen LogP contribution is 2.14. The monoisotopic (exact) mass is 839 g/mol. The molecular weight excluding hydrogens is 751 g/mol. The first kappa shape index (κ1) is 56.5. The molecule has 8 nitrogen and oxygen atoms in total. The van der Waals surface area contributed by atoms with Gasteiger partial charge >= 0.3 is 17.9 Å². The molecule has 0 radical (unpaired) electrons. The highest BCUT2D eigenvalue weighted by atomic mass is 16.6. The van der Waals surface area contributed by atoms with E-state index in [0.717, 1.165) is 57.8 Å². The van der Waals surface area contributed by atoms with Gasteiger partial charge in [-0.1, -0.05) is 163 Å². The Kier molecular flexibility index (Phi) is 39.8. The van der Waals surface area contributed by atoms with Crippen LogP contribution in [0.1, 0.15) is 174 Å². The van der Waals surface area contributed by atoms with Gasteiger partial charge in [0.2, 0.25) is 0 Å². The van der Waals surface area contributed by atoms with E-state index in [0.29, 0.717) is 19.3 Å². The Morgan fingerprint density at radius 3 is 1.52 bits per heavy atom. The number of ether oxygens (including phenoxy) is 3. The summed E-state index contributed by atoms with van der Waals surface area (Å²) in [7, 11) is 5.50. The number of quaternary nitrogens is 1. The maximum Gasteiger partial charge on any atom is 0.362 e. The number of carbonyl (C=O) groups excluding carboxylic acids is 2. The minimum absolute atomic E-state index is 0.0329. The van der Waals surface area contributed by atoms with Crippen LogP contribution in [0.15, 0.2) is 85.1 Å². The predicted octanol–water partition coefficient (Wildman–Crippen LogP) is 13.3. The van der Waals surface area contributed by atoms with Gasteiger partial charge in [0.25, 0.3) is 0 Å². The van der Waals surface area contributed by atoms with Gasteiger partial charge in [0.05, 0.1) is 34.4 Å². The second-order valence-corrected chi connectivity index (χ2v) is 16.7. The number of carboxylic acids is 1. The molecule has 0 aliphatic heterocycles. The van der Waals surface area contributed by atoms with Gasteiger partial charge in [-0.25, -0.2) is 4.79 Å². The Balaban J connectivity index is 4.40. The lowest BCUT2D eigenvalue weighted by atomic mass is 10.1. The molecule has 0 aromatic rings. The summed E-state index contributed by atoms with van der Waals surface area (Å²) >= 11 is 0. The number of unbranched alkanes of at least 4 members (excludes halogenated alkanes) is 14. The van der Waals surface area contributed by atoms with Gasteiger partial charge in [-0.15, -0.1) is 0 Å². The van der Waals surface area contributed by atoms with Gasteiger partial charge in [-0.2, -0.15) is 0 Å². The third-order valence-electron chi connectivity index (χ3n) is 10.1. The van der Waals surface area contributed by atoms with E-state index < -0.39 is 18.1 Å². The number of carbonyl (C=O) groups is 3. The predicted molar refractivity (Wildman–Crippen MR) is 252 cm³/mol. The third kappa shape index (κ3) is 39.9. The first-order valence-electron chi connectivity index (χ1n) is 23.6. The Bertz CT molecular complexity index is 1250. The van der Waals surface area contributed by atoms with Gasteiger partial charge in [0, 0.05) is 19.3 Å². The van der Waals surface area contributed by atoms with Crippen molar-refractivity contribution in [1.29, 1.82) is 0 Å². The van der Waals surface area contributed by atoms with Crippen LogP contribution < -0.4 is 0 Å². The van der Waals surface area contributed by atoms with Crippen molar-refractivity contribution in [2.75, 3.05) is 41.0 Å². The summed E-state index contributed by atoms with van der Waals surface area (Å²) in [6.45, 7) is 4.52. The van der Waals surface area contributed by atoms with E-state index in [2.05, 4.69) is 98.9 Å². The average Bonchev–Trinajstić information content (AvgIpc) is 3.21.